The van der Waals surface area contributed by atoms with Crippen molar-refractivity contribution in [3.8, 4) is 5.75 Å². The van der Waals surface area contributed by atoms with E-state index < -0.39 is 0 Å². The molecular weight excluding hydrogens is 164 g/mol. The third-order valence-corrected chi connectivity index (χ3v) is 2.64. The van der Waals surface area contributed by atoms with Crippen LogP contribution in [0.15, 0.2) is 12.1 Å². The summed E-state index contributed by atoms with van der Waals surface area (Å²) in [4.78, 5) is 0. The molecule has 0 unspecified atom stereocenters. The van der Waals surface area contributed by atoms with E-state index in [-0.39, 0.29) is 5.75 Å². The Hall–Kier alpha value is -1.22. The van der Waals surface area contributed by atoms with Gasteiger partial charge < -0.3 is 16.2 Å². The molecule has 1 aliphatic heterocycles. The van der Waals surface area contributed by atoms with E-state index in [0.717, 1.165) is 24.1 Å². The zero-order valence-electron chi connectivity index (χ0n) is 7.67. The van der Waals surface area contributed by atoms with Crippen LogP contribution in [0.1, 0.15) is 23.6 Å². The lowest BCUT2D eigenvalue weighted by molar-refractivity contribution is 0.364. The largest absolute Gasteiger partial charge is 0.505 e. The van der Waals surface area contributed by atoms with Crippen molar-refractivity contribution in [2.24, 2.45) is 0 Å². The van der Waals surface area contributed by atoms with Crippen LogP contribution < -0.4 is 11.1 Å². The number of anilines is 1. The zero-order chi connectivity index (χ0) is 9.42. The molecule has 0 radical (unpaired) electrons. The first kappa shape index (κ1) is 8.38. The fraction of sp³-hybridized carbons (Fsp3) is 0.400. The summed E-state index contributed by atoms with van der Waals surface area (Å²) in [5, 5.41) is 13.0. The van der Waals surface area contributed by atoms with Gasteiger partial charge in [0.05, 0.1) is 5.69 Å². The van der Waals surface area contributed by atoms with Crippen LogP contribution in [0.4, 0.5) is 5.69 Å². The highest BCUT2D eigenvalue weighted by Gasteiger charge is 2.24. The Balaban J connectivity index is 2.46. The normalized spacial score (nSPS) is 21.2. The molecular formula is C10H14N2O. The second kappa shape index (κ2) is 2.92. The number of aromatic hydroxyl groups is 1. The maximum atomic E-state index is 9.75. The fourth-order valence-corrected chi connectivity index (χ4v) is 1.70. The number of hydrogen-bond donors (Lipinski definition) is 3. The van der Waals surface area contributed by atoms with Crippen LogP contribution in [0.3, 0.4) is 0 Å². The van der Waals surface area contributed by atoms with E-state index in [4.69, 9.17) is 5.73 Å². The standard InChI is InChI=1S/C10H14N2O/c1-6-2-3-7(11)10(13)9(6)8-4-5-12-8/h2-3,8,12-13H,4-5,11H2,1H3/t8-/m1/s1. The van der Waals surface area contributed by atoms with Gasteiger partial charge in [-0.1, -0.05) is 6.07 Å². The number of aryl methyl sites for hydroxylation is 1. The molecule has 1 saturated heterocycles. The molecule has 70 valence electrons. The third-order valence-electron chi connectivity index (χ3n) is 2.64. The maximum Gasteiger partial charge on any atom is 0.143 e. The molecule has 0 saturated carbocycles. The Morgan fingerprint density at radius 1 is 1.54 bits per heavy atom. The lowest BCUT2D eigenvalue weighted by Gasteiger charge is -2.30. The minimum Gasteiger partial charge on any atom is -0.505 e. The Labute approximate surface area is 77.6 Å². The first-order valence-electron chi connectivity index (χ1n) is 4.51. The van der Waals surface area contributed by atoms with E-state index in [1.165, 1.54) is 0 Å². The van der Waals surface area contributed by atoms with Crippen LogP contribution in [0.25, 0.3) is 0 Å². The van der Waals surface area contributed by atoms with E-state index in [2.05, 4.69) is 5.32 Å². The highest BCUT2D eigenvalue weighted by atomic mass is 16.3. The summed E-state index contributed by atoms with van der Waals surface area (Å²) >= 11 is 0. The van der Waals surface area contributed by atoms with Gasteiger partial charge in [0, 0.05) is 11.6 Å². The third kappa shape index (κ3) is 1.25. The molecule has 1 heterocycles. The number of nitrogens with one attached hydrogen (secondary N) is 1. The topological polar surface area (TPSA) is 58.3 Å². The summed E-state index contributed by atoms with van der Waals surface area (Å²) in [6, 6.07) is 3.99. The molecule has 0 bridgehead atoms. The molecule has 1 aromatic carbocycles. The maximum absolute atomic E-state index is 9.75. The average molecular weight is 178 g/mol. The van der Waals surface area contributed by atoms with Crippen molar-refractivity contribution in [3.63, 3.8) is 0 Å². The summed E-state index contributed by atoms with van der Waals surface area (Å²) in [7, 11) is 0. The Kier molecular flexibility index (Phi) is 1.88. The molecule has 0 aliphatic carbocycles. The molecule has 1 fully saturated rings. The number of phenols is 1. The molecule has 1 aromatic rings. The monoisotopic (exact) mass is 178 g/mol. The Morgan fingerprint density at radius 3 is 2.77 bits per heavy atom. The first-order chi connectivity index (χ1) is 6.20. The average Bonchev–Trinajstić information content (AvgIpc) is 2.02. The predicted molar refractivity (Wildman–Crippen MR) is 52.6 cm³/mol. The molecule has 1 aliphatic rings. The molecule has 3 nitrogen and oxygen atoms in total. The van der Waals surface area contributed by atoms with E-state index in [9.17, 15) is 5.11 Å². The molecule has 0 amide bonds. The minimum absolute atomic E-state index is 0.247. The Morgan fingerprint density at radius 2 is 2.23 bits per heavy atom. The van der Waals surface area contributed by atoms with Crippen molar-refractivity contribution in [3.05, 3.63) is 23.3 Å². The zero-order valence-corrected chi connectivity index (χ0v) is 7.67. The molecule has 13 heavy (non-hydrogen) atoms. The van der Waals surface area contributed by atoms with Crippen LogP contribution in [-0.2, 0) is 0 Å². The summed E-state index contributed by atoms with van der Waals surface area (Å²) in [6.07, 6.45) is 1.08. The van der Waals surface area contributed by atoms with Gasteiger partial charge in [0.15, 0.2) is 0 Å². The highest BCUT2D eigenvalue weighted by Crippen LogP contribution is 2.36. The van der Waals surface area contributed by atoms with E-state index in [1.807, 2.05) is 13.0 Å². The summed E-state index contributed by atoms with van der Waals surface area (Å²) in [6.45, 7) is 3.02. The lowest BCUT2D eigenvalue weighted by atomic mass is 9.92. The number of phenolic OH excluding ortho intramolecular Hbond substituents is 1. The molecule has 3 heteroatoms. The number of rotatable bonds is 1. The molecule has 1 atom stereocenters. The number of nitrogen functional groups attached to an aromatic ring is 1. The summed E-state index contributed by atoms with van der Waals surface area (Å²) in [5.41, 5.74) is 8.16. The fourth-order valence-electron chi connectivity index (χ4n) is 1.70. The molecule has 0 spiro atoms. The smallest absolute Gasteiger partial charge is 0.143 e. The quantitative estimate of drug-likeness (QED) is 0.449. The number of nitrogens with two attached hydrogens (primary N) is 1. The first-order valence-corrected chi connectivity index (χ1v) is 4.51. The van der Waals surface area contributed by atoms with Gasteiger partial charge in [-0.3, -0.25) is 0 Å². The Bertz CT molecular complexity index is 332. The summed E-state index contributed by atoms with van der Waals surface area (Å²) in [5.74, 6) is 0.247. The predicted octanol–water partition coefficient (Wildman–Crippen LogP) is 1.32. The number of benzene rings is 1. The van der Waals surface area contributed by atoms with Crippen molar-refractivity contribution >= 4 is 5.69 Å². The van der Waals surface area contributed by atoms with Gasteiger partial charge in [0.1, 0.15) is 5.75 Å². The van der Waals surface area contributed by atoms with E-state index >= 15 is 0 Å². The second-order valence-corrected chi connectivity index (χ2v) is 3.53. The van der Waals surface area contributed by atoms with Gasteiger partial charge in [-0.2, -0.15) is 0 Å². The van der Waals surface area contributed by atoms with E-state index in [1.54, 1.807) is 6.07 Å². The van der Waals surface area contributed by atoms with Crippen molar-refractivity contribution in [1.82, 2.24) is 5.32 Å². The van der Waals surface area contributed by atoms with Crippen molar-refractivity contribution in [2.75, 3.05) is 12.3 Å². The van der Waals surface area contributed by atoms with Gasteiger partial charge in [0.25, 0.3) is 0 Å². The van der Waals surface area contributed by atoms with Gasteiger partial charge in [0.2, 0.25) is 0 Å². The van der Waals surface area contributed by atoms with E-state index in [0.29, 0.717) is 11.7 Å². The SMILES string of the molecule is Cc1ccc(N)c(O)c1[C@H]1CCN1. The number of hydrogen-bond acceptors (Lipinski definition) is 3. The lowest BCUT2D eigenvalue weighted by Crippen LogP contribution is -2.35. The van der Waals surface area contributed by atoms with Gasteiger partial charge in [-0.05, 0) is 31.5 Å². The van der Waals surface area contributed by atoms with Crippen molar-refractivity contribution < 1.29 is 5.11 Å². The van der Waals surface area contributed by atoms with Crippen LogP contribution >= 0.6 is 0 Å². The van der Waals surface area contributed by atoms with Gasteiger partial charge >= 0.3 is 0 Å². The highest BCUT2D eigenvalue weighted by molar-refractivity contribution is 5.59. The van der Waals surface area contributed by atoms with Gasteiger partial charge in [-0.25, -0.2) is 0 Å². The van der Waals surface area contributed by atoms with Gasteiger partial charge in [-0.15, -0.1) is 0 Å². The van der Waals surface area contributed by atoms with Crippen LogP contribution in [0, 0.1) is 6.92 Å². The van der Waals surface area contributed by atoms with Crippen molar-refractivity contribution in [2.45, 2.75) is 19.4 Å². The van der Waals surface area contributed by atoms with Crippen molar-refractivity contribution in [1.29, 1.82) is 0 Å². The molecule has 4 N–H and O–H groups in total. The molecule has 2 rings (SSSR count). The second-order valence-electron chi connectivity index (χ2n) is 3.53. The molecule has 0 aromatic heterocycles. The minimum atomic E-state index is 0.247. The van der Waals surface area contributed by atoms with Crippen LogP contribution in [0.2, 0.25) is 0 Å². The summed E-state index contributed by atoms with van der Waals surface area (Å²) < 4.78 is 0. The van der Waals surface area contributed by atoms with Crippen LogP contribution in [0.5, 0.6) is 5.75 Å². The van der Waals surface area contributed by atoms with Crippen LogP contribution in [-0.4, -0.2) is 11.7 Å².